The molecule has 0 bridgehead atoms. The fraction of sp³-hybridized carbons (Fsp3) is 0.300. The fourth-order valence-corrected chi connectivity index (χ4v) is 1.58. The Balaban J connectivity index is 2.68. The van der Waals surface area contributed by atoms with Crippen LogP contribution in [0.1, 0.15) is 11.4 Å². The van der Waals surface area contributed by atoms with Gasteiger partial charge in [-0.3, -0.25) is 4.40 Å². The van der Waals surface area contributed by atoms with Crippen molar-refractivity contribution in [3.63, 3.8) is 0 Å². The molecule has 4 heteroatoms. The minimum Gasteiger partial charge on any atom is -0.396 e. The molecule has 2 aromatic rings. The number of hydrogen-bond donors (Lipinski definition) is 1. The molecule has 0 amide bonds. The van der Waals surface area contributed by atoms with E-state index in [-0.39, 0.29) is 12.6 Å². The lowest BCUT2D eigenvalue weighted by molar-refractivity contribution is 0.298. The molecule has 0 atom stereocenters. The lowest BCUT2D eigenvalue weighted by Gasteiger charge is -1.98. The molecule has 0 saturated heterocycles. The highest BCUT2D eigenvalue weighted by atomic mass is 19.1. The predicted octanol–water partition coefficient (Wildman–Crippen LogP) is 1.32. The third-order valence-corrected chi connectivity index (χ3v) is 2.27. The number of hydrogen-bond acceptors (Lipinski definition) is 2. The van der Waals surface area contributed by atoms with Gasteiger partial charge in [-0.2, -0.15) is 4.39 Å². The Morgan fingerprint density at radius 3 is 2.93 bits per heavy atom. The van der Waals surface area contributed by atoms with Gasteiger partial charge in [-0.15, -0.1) is 0 Å². The second kappa shape index (κ2) is 3.38. The number of fused-ring (bicyclic) bond motifs is 1. The fourth-order valence-electron chi connectivity index (χ4n) is 1.58. The van der Waals surface area contributed by atoms with Crippen LogP contribution in [-0.2, 0) is 6.42 Å². The Morgan fingerprint density at radius 1 is 1.50 bits per heavy atom. The van der Waals surface area contributed by atoms with Crippen molar-refractivity contribution in [2.45, 2.75) is 13.3 Å². The molecule has 2 aromatic heterocycles. The average molecular weight is 194 g/mol. The Morgan fingerprint density at radius 2 is 2.29 bits per heavy atom. The number of imidazole rings is 1. The normalized spacial score (nSPS) is 11.1. The molecule has 1 N–H and O–H groups in total. The molecule has 0 aliphatic rings. The zero-order valence-electron chi connectivity index (χ0n) is 7.87. The number of halogens is 1. The Bertz CT molecular complexity index is 464. The van der Waals surface area contributed by atoms with Gasteiger partial charge < -0.3 is 5.11 Å². The Labute approximate surface area is 80.8 Å². The van der Waals surface area contributed by atoms with Crippen molar-refractivity contribution >= 4 is 5.65 Å². The molecule has 0 radical (unpaired) electrons. The van der Waals surface area contributed by atoms with Crippen molar-refractivity contribution in [3.05, 3.63) is 35.5 Å². The molecule has 0 spiro atoms. The maximum Gasteiger partial charge on any atom is 0.199 e. The van der Waals surface area contributed by atoms with Crippen LogP contribution in [-0.4, -0.2) is 21.1 Å². The highest BCUT2D eigenvalue weighted by Gasteiger charge is 2.09. The van der Waals surface area contributed by atoms with Gasteiger partial charge in [-0.1, -0.05) is 6.07 Å². The molecule has 0 unspecified atom stereocenters. The summed E-state index contributed by atoms with van der Waals surface area (Å²) >= 11 is 0. The SMILES string of the molecule is Cc1c(CCO)nc2cccc(F)n12. The number of aromatic nitrogens is 2. The summed E-state index contributed by atoms with van der Waals surface area (Å²) in [7, 11) is 0. The van der Waals surface area contributed by atoms with Crippen molar-refractivity contribution in [2.75, 3.05) is 6.61 Å². The molecule has 2 heterocycles. The zero-order valence-corrected chi connectivity index (χ0v) is 7.87. The van der Waals surface area contributed by atoms with E-state index in [9.17, 15) is 4.39 Å². The van der Waals surface area contributed by atoms with Crippen molar-refractivity contribution < 1.29 is 9.50 Å². The summed E-state index contributed by atoms with van der Waals surface area (Å²) < 4.78 is 14.8. The van der Waals surface area contributed by atoms with Crippen LogP contribution in [0.15, 0.2) is 18.2 Å². The standard InChI is InChI=1S/C10H11FN2O/c1-7-8(5-6-14)12-10-4-2-3-9(11)13(7)10/h2-4,14H,5-6H2,1H3. The maximum atomic E-state index is 13.4. The first-order chi connectivity index (χ1) is 6.74. The first kappa shape index (κ1) is 9.15. The van der Waals surface area contributed by atoms with Crippen molar-refractivity contribution in [1.29, 1.82) is 0 Å². The summed E-state index contributed by atoms with van der Waals surface area (Å²) in [6.07, 6.45) is 0.465. The van der Waals surface area contributed by atoms with Crippen LogP contribution in [0.25, 0.3) is 5.65 Å². The van der Waals surface area contributed by atoms with E-state index in [1.165, 1.54) is 10.5 Å². The van der Waals surface area contributed by atoms with Gasteiger partial charge in [-0.05, 0) is 19.1 Å². The van der Waals surface area contributed by atoms with E-state index in [1.807, 2.05) is 0 Å². The van der Waals surface area contributed by atoms with Gasteiger partial charge in [0.1, 0.15) is 5.65 Å². The van der Waals surface area contributed by atoms with Crippen molar-refractivity contribution in [1.82, 2.24) is 9.38 Å². The molecule has 0 aliphatic heterocycles. The lowest BCUT2D eigenvalue weighted by Crippen LogP contribution is -1.96. The summed E-state index contributed by atoms with van der Waals surface area (Å²) in [6, 6.07) is 4.77. The number of aliphatic hydroxyl groups is 1. The molecular weight excluding hydrogens is 183 g/mol. The van der Waals surface area contributed by atoms with E-state index in [0.717, 1.165) is 11.4 Å². The van der Waals surface area contributed by atoms with Crippen LogP contribution in [0.2, 0.25) is 0 Å². The third kappa shape index (κ3) is 1.28. The van der Waals surface area contributed by atoms with E-state index in [2.05, 4.69) is 4.98 Å². The molecule has 3 nitrogen and oxygen atoms in total. The Hall–Kier alpha value is -1.42. The zero-order chi connectivity index (χ0) is 10.1. The van der Waals surface area contributed by atoms with Gasteiger partial charge in [0.2, 0.25) is 0 Å². The summed E-state index contributed by atoms with van der Waals surface area (Å²) in [5, 5.41) is 8.80. The van der Waals surface area contributed by atoms with Gasteiger partial charge in [0.15, 0.2) is 5.95 Å². The molecular formula is C10H11FN2O. The molecule has 0 aromatic carbocycles. The largest absolute Gasteiger partial charge is 0.396 e. The van der Waals surface area contributed by atoms with Crippen LogP contribution in [0.3, 0.4) is 0 Å². The van der Waals surface area contributed by atoms with Gasteiger partial charge in [0.05, 0.1) is 5.69 Å². The van der Waals surface area contributed by atoms with Crippen LogP contribution in [0, 0.1) is 12.9 Å². The summed E-state index contributed by atoms with van der Waals surface area (Å²) in [5.74, 6) is -0.323. The van der Waals surface area contributed by atoms with Gasteiger partial charge >= 0.3 is 0 Å². The van der Waals surface area contributed by atoms with E-state index < -0.39 is 0 Å². The minimum absolute atomic E-state index is 0.0341. The highest BCUT2D eigenvalue weighted by molar-refractivity contribution is 5.43. The van der Waals surface area contributed by atoms with E-state index >= 15 is 0 Å². The predicted molar refractivity (Wildman–Crippen MR) is 50.7 cm³/mol. The van der Waals surface area contributed by atoms with Gasteiger partial charge in [0, 0.05) is 18.7 Å². The van der Waals surface area contributed by atoms with E-state index in [1.54, 1.807) is 19.1 Å². The second-order valence-corrected chi connectivity index (χ2v) is 3.16. The molecule has 0 saturated carbocycles. The van der Waals surface area contributed by atoms with Crippen LogP contribution >= 0.6 is 0 Å². The van der Waals surface area contributed by atoms with Crippen LogP contribution in [0.4, 0.5) is 4.39 Å². The first-order valence-corrected chi connectivity index (χ1v) is 4.47. The number of rotatable bonds is 2. The summed E-state index contributed by atoms with van der Waals surface area (Å²) in [6.45, 7) is 1.83. The molecule has 14 heavy (non-hydrogen) atoms. The molecule has 2 rings (SSSR count). The van der Waals surface area contributed by atoms with E-state index in [0.29, 0.717) is 12.1 Å². The van der Waals surface area contributed by atoms with Gasteiger partial charge in [-0.25, -0.2) is 4.98 Å². The smallest absolute Gasteiger partial charge is 0.199 e. The second-order valence-electron chi connectivity index (χ2n) is 3.16. The van der Waals surface area contributed by atoms with Crippen LogP contribution < -0.4 is 0 Å². The minimum atomic E-state index is -0.323. The molecule has 0 aliphatic carbocycles. The van der Waals surface area contributed by atoms with Gasteiger partial charge in [0.25, 0.3) is 0 Å². The lowest BCUT2D eigenvalue weighted by atomic mass is 10.3. The average Bonchev–Trinajstić information content (AvgIpc) is 2.46. The Kier molecular flexibility index (Phi) is 2.21. The van der Waals surface area contributed by atoms with Crippen molar-refractivity contribution in [2.24, 2.45) is 0 Å². The topological polar surface area (TPSA) is 37.5 Å². The summed E-state index contributed by atoms with van der Waals surface area (Å²) in [4.78, 5) is 4.23. The van der Waals surface area contributed by atoms with Crippen molar-refractivity contribution in [3.8, 4) is 0 Å². The molecule has 0 fully saturated rings. The van der Waals surface area contributed by atoms with E-state index in [4.69, 9.17) is 5.11 Å². The highest BCUT2D eigenvalue weighted by Crippen LogP contribution is 2.13. The third-order valence-electron chi connectivity index (χ3n) is 2.27. The number of aryl methyl sites for hydroxylation is 1. The van der Waals surface area contributed by atoms with Crippen LogP contribution in [0.5, 0.6) is 0 Å². The number of aliphatic hydroxyl groups excluding tert-OH is 1. The molecule has 74 valence electrons. The maximum absolute atomic E-state index is 13.4. The number of pyridine rings is 1. The monoisotopic (exact) mass is 194 g/mol. The first-order valence-electron chi connectivity index (χ1n) is 4.47. The summed E-state index contributed by atoms with van der Waals surface area (Å²) in [5.41, 5.74) is 2.09. The number of nitrogens with zero attached hydrogens (tertiary/aromatic N) is 2. The quantitative estimate of drug-likeness (QED) is 0.732.